The van der Waals surface area contributed by atoms with E-state index in [1.807, 2.05) is 36.6 Å². The van der Waals surface area contributed by atoms with Gasteiger partial charge in [0.05, 0.1) is 0 Å². The molecule has 1 aromatic rings. The van der Waals surface area contributed by atoms with E-state index in [2.05, 4.69) is 16.5 Å². The summed E-state index contributed by atoms with van der Waals surface area (Å²) in [7, 11) is -1.13. The number of nitrogens with one attached hydrogen (secondary N) is 1. The van der Waals surface area contributed by atoms with Crippen molar-refractivity contribution >= 4 is 26.8 Å². The molecule has 2 heteroatoms. The molecular weight excluding hydrogens is 154 g/mol. The fourth-order valence-electron chi connectivity index (χ4n) is 0.791. The molecule has 0 aliphatic carbocycles. The van der Waals surface area contributed by atoms with Gasteiger partial charge in [0.15, 0.2) is 0 Å². The van der Waals surface area contributed by atoms with Crippen molar-refractivity contribution in [2.24, 2.45) is 0 Å². The molecule has 0 atom stereocenters. The van der Waals surface area contributed by atoms with Crippen LogP contribution in [0.3, 0.4) is 0 Å². The van der Waals surface area contributed by atoms with Crippen LogP contribution < -0.4 is 4.72 Å². The van der Waals surface area contributed by atoms with Crippen LogP contribution in [0.1, 0.15) is 0 Å². The van der Waals surface area contributed by atoms with Crippen molar-refractivity contribution in [3.8, 4) is 0 Å². The first-order chi connectivity index (χ1) is 5.08. The van der Waals surface area contributed by atoms with Crippen LogP contribution in [0.4, 0.5) is 5.69 Å². The molecule has 0 heterocycles. The molecule has 0 saturated heterocycles. The van der Waals surface area contributed by atoms with Gasteiger partial charge in [-0.05, 0) is 18.4 Å². The second-order valence-electron chi connectivity index (χ2n) is 2.74. The summed E-state index contributed by atoms with van der Waals surface area (Å²) in [5.74, 6) is 7.85. The maximum atomic E-state index is 3.93. The Morgan fingerprint density at radius 2 is 1.73 bits per heavy atom. The van der Waals surface area contributed by atoms with Crippen LogP contribution in [0, 0.1) is 0 Å². The van der Waals surface area contributed by atoms with Crippen molar-refractivity contribution in [1.29, 1.82) is 0 Å². The lowest BCUT2D eigenvalue weighted by molar-refractivity contribution is 1.68. The molecule has 60 valence electrons. The highest BCUT2D eigenvalue weighted by Gasteiger charge is 1.88. The van der Waals surface area contributed by atoms with E-state index in [4.69, 9.17) is 0 Å². The molecule has 0 aromatic heterocycles. The minimum absolute atomic E-state index is 1.09. The summed E-state index contributed by atoms with van der Waals surface area (Å²) in [5.41, 5.74) is 1.09. The second-order valence-corrected chi connectivity index (χ2v) is 5.50. The maximum Gasteiger partial charge on any atom is 0.0431 e. The number of hydrogen-bond acceptors (Lipinski definition) is 1. The predicted octanol–water partition coefficient (Wildman–Crippen LogP) is 2.31. The summed E-state index contributed by atoms with van der Waals surface area (Å²) >= 11 is 0. The van der Waals surface area contributed by atoms with E-state index in [9.17, 15) is 0 Å². The van der Waals surface area contributed by atoms with Gasteiger partial charge in [-0.3, -0.25) is 0 Å². The lowest BCUT2D eigenvalue weighted by Crippen LogP contribution is -1.91. The Kier molecular flexibility index (Phi) is 2.25. The van der Waals surface area contributed by atoms with Gasteiger partial charge in [-0.25, -0.2) is 0 Å². The molecule has 11 heavy (non-hydrogen) atoms. The van der Waals surface area contributed by atoms with Crippen molar-refractivity contribution in [2.75, 3.05) is 11.0 Å². The lowest BCUT2D eigenvalue weighted by atomic mass is 10.3. The van der Waals surface area contributed by atoms with Crippen LogP contribution in [-0.4, -0.2) is 18.0 Å². The van der Waals surface area contributed by atoms with E-state index in [0.717, 1.165) is 5.69 Å². The molecule has 0 aliphatic rings. The molecule has 0 saturated carbocycles. The van der Waals surface area contributed by atoms with Gasteiger partial charge in [-0.1, -0.05) is 29.9 Å². The first-order valence-corrected chi connectivity index (χ1v) is 5.73. The molecule has 0 radical (unpaired) electrons. The Balaban J connectivity index is 2.82. The fourth-order valence-corrected chi connectivity index (χ4v) is 1.50. The Morgan fingerprint density at radius 1 is 1.18 bits per heavy atom. The number of hydrogen-bond donors (Lipinski definition) is 1. The number of anilines is 1. The summed E-state index contributed by atoms with van der Waals surface area (Å²) in [6, 6.07) is 10.0. The molecule has 0 amide bonds. The summed E-state index contributed by atoms with van der Waals surface area (Å²) < 4.78 is 3.24. The van der Waals surface area contributed by atoms with Crippen LogP contribution in [0.25, 0.3) is 0 Å². The molecule has 1 aromatic carbocycles. The van der Waals surface area contributed by atoms with Gasteiger partial charge in [-0.15, -0.1) is 9.39 Å². The molecule has 1 N–H and O–H groups in total. The number of benzene rings is 1. The normalized spacial score (nSPS) is 11.0. The summed E-state index contributed by atoms with van der Waals surface area (Å²) in [5, 5.41) is 0. The van der Waals surface area contributed by atoms with Crippen LogP contribution in [0.15, 0.2) is 30.3 Å². The summed E-state index contributed by atoms with van der Waals surface area (Å²) in [6.45, 7) is 0. The Morgan fingerprint density at radius 3 is 2.18 bits per heavy atom. The highest BCUT2D eigenvalue weighted by atomic mass is 32.2. The maximum absolute atomic E-state index is 3.93. The fraction of sp³-hybridized carbons (Fsp3) is 0.111. The first-order valence-electron chi connectivity index (χ1n) is 3.35. The van der Waals surface area contributed by atoms with Gasteiger partial charge in [0.1, 0.15) is 0 Å². The molecule has 0 unspecified atom stereocenters. The molecule has 0 aliphatic heterocycles. The minimum atomic E-state index is -1.13. The summed E-state index contributed by atoms with van der Waals surface area (Å²) in [6.07, 6.45) is 2.01. The van der Waals surface area contributed by atoms with E-state index in [1.54, 1.807) is 0 Å². The van der Waals surface area contributed by atoms with Gasteiger partial charge >= 0.3 is 0 Å². The van der Waals surface area contributed by atoms with E-state index >= 15 is 0 Å². The zero-order valence-corrected chi connectivity index (χ0v) is 7.53. The topological polar surface area (TPSA) is 12.0 Å². The standard InChI is InChI=1S/C9H13NS/c1-11(2,3)10-9-7-5-4-6-8-9/h4-8,10H,1-2H2,3H3. The van der Waals surface area contributed by atoms with Gasteiger partial charge in [0, 0.05) is 5.69 Å². The monoisotopic (exact) mass is 167 g/mol. The third-order valence-corrected chi connectivity index (χ3v) is 1.87. The van der Waals surface area contributed by atoms with E-state index < -0.39 is 9.39 Å². The van der Waals surface area contributed by atoms with E-state index in [-0.39, 0.29) is 0 Å². The minimum Gasteiger partial charge on any atom is -0.342 e. The SMILES string of the molecule is C=S(=C)(C)Nc1ccccc1. The Labute approximate surface area is 68.7 Å². The lowest BCUT2D eigenvalue weighted by Gasteiger charge is -2.11. The predicted molar refractivity (Wildman–Crippen MR) is 57.8 cm³/mol. The van der Waals surface area contributed by atoms with Crippen LogP contribution >= 0.6 is 9.39 Å². The van der Waals surface area contributed by atoms with Crippen LogP contribution in [-0.2, 0) is 0 Å². The van der Waals surface area contributed by atoms with Gasteiger partial charge in [0.2, 0.25) is 0 Å². The smallest absolute Gasteiger partial charge is 0.0431 e. The third kappa shape index (κ3) is 3.14. The zero-order valence-electron chi connectivity index (χ0n) is 6.71. The summed E-state index contributed by atoms with van der Waals surface area (Å²) in [4.78, 5) is 0. The van der Waals surface area contributed by atoms with Crippen LogP contribution in [0.5, 0.6) is 0 Å². The quantitative estimate of drug-likeness (QED) is 0.666. The molecule has 0 bridgehead atoms. The molecule has 1 nitrogen and oxygen atoms in total. The highest BCUT2D eigenvalue weighted by molar-refractivity contribution is 8.28. The average Bonchev–Trinajstić information content (AvgIpc) is 1.85. The number of rotatable bonds is 2. The van der Waals surface area contributed by atoms with Crippen LogP contribution in [0.2, 0.25) is 0 Å². The molecular formula is C9H13NS. The van der Waals surface area contributed by atoms with E-state index in [1.165, 1.54) is 0 Å². The average molecular weight is 167 g/mol. The van der Waals surface area contributed by atoms with Crippen molar-refractivity contribution in [2.45, 2.75) is 0 Å². The molecule has 0 fully saturated rings. The molecule has 0 spiro atoms. The molecule has 1 rings (SSSR count). The van der Waals surface area contributed by atoms with Gasteiger partial charge in [0.25, 0.3) is 0 Å². The van der Waals surface area contributed by atoms with Crippen molar-refractivity contribution in [1.82, 2.24) is 0 Å². The first kappa shape index (κ1) is 8.21. The number of para-hydroxylation sites is 1. The van der Waals surface area contributed by atoms with Gasteiger partial charge in [-0.2, -0.15) is 0 Å². The highest BCUT2D eigenvalue weighted by Crippen LogP contribution is 2.17. The third-order valence-electron chi connectivity index (χ3n) is 1.14. The Bertz CT molecular complexity index is 311. The van der Waals surface area contributed by atoms with Crippen molar-refractivity contribution in [3.63, 3.8) is 0 Å². The Hall–Kier alpha value is -0.890. The van der Waals surface area contributed by atoms with Gasteiger partial charge < -0.3 is 4.72 Å². The second kappa shape index (κ2) is 3.01. The van der Waals surface area contributed by atoms with E-state index in [0.29, 0.717) is 0 Å². The zero-order chi connectivity index (χ0) is 8.32. The largest absolute Gasteiger partial charge is 0.342 e. The van der Waals surface area contributed by atoms with Crippen molar-refractivity contribution in [3.05, 3.63) is 30.3 Å². The van der Waals surface area contributed by atoms with Crippen molar-refractivity contribution < 1.29 is 0 Å².